The summed E-state index contributed by atoms with van der Waals surface area (Å²) in [5.41, 5.74) is 5.28. The second-order valence-corrected chi connectivity index (χ2v) is 10.5. The van der Waals surface area contributed by atoms with Crippen molar-refractivity contribution in [1.29, 1.82) is 0 Å². The minimum absolute atomic E-state index is 0.0759. The van der Waals surface area contributed by atoms with E-state index in [1.165, 1.54) is 4.90 Å². The molecule has 1 aromatic heterocycles. The normalized spacial score (nSPS) is 12.5. The summed E-state index contributed by atoms with van der Waals surface area (Å²) in [5.74, 6) is -1.76. The monoisotopic (exact) mass is 573 g/mol. The standard InChI is InChI=1S/C29H34F3N5O4/c1-28(2,3)41-27(40)37(13-14-38)18-20-9-11-22(12-10-20)35-26-34-17-23(29(30,31)32)25(36-26)21(16-24(33)39)15-19-7-5-4-6-8-19/h4-12,17,21,38H,13-16,18H2,1-3H3,(H2,33,39)(H,34,35,36). The third kappa shape index (κ3) is 9.75. The van der Waals surface area contributed by atoms with Crippen LogP contribution in [0.25, 0.3) is 0 Å². The van der Waals surface area contributed by atoms with Gasteiger partial charge in [-0.2, -0.15) is 13.2 Å². The summed E-state index contributed by atoms with van der Waals surface area (Å²) in [4.78, 5) is 33.7. The predicted octanol–water partition coefficient (Wildman–Crippen LogP) is 5.17. The number of nitrogens with zero attached hydrogens (tertiary/aromatic N) is 3. The number of benzene rings is 2. The fourth-order valence-electron chi connectivity index (χ4n) is 4.12. The lowest BCUT2D eigenvalue weighted by atomic mass is 9.90. The Balaban J connectivity index is 1.85. The summed E-state index contributed by atoms with van der Waals surface area (Å²) < 4.78 is 47.2. The molecule has 0 radical (unpaired) electrons. The lowest BCUT2D eigenvalue weighted by Gasteiger charge is -2.27. The van der Waals surface area contributed by atoms with Crippen LogP contribution in [0.15, 0.2) is 60.8 Å². The fraction of sp³-hybridized carbons (Fsp3) is 0.379. The molecule has 2 aromatic carbocycles. The number of hydrogen-bond donors (Lipinski definition) is 3. The minimum Gasteiger partial charge on any atom is -0.444 e. The van der Waals surface area contributed by atoms with Gasteiger partial charge in [0.05, 0.1) is 17.9 Å². The molecule has 41 heavy (non-hydrogen) atoms. The van der Waals surface area contributed by atoms with E-state index < -0.39 is 35.3 Å². The quantitative estimate of drug-likeness (QED) is 0.288. The molecule has 0 fully saturated rings. The average molecular weight is 574 g/mol. The van der Waals surface area contributed by atoms with Gasteiger partial charge in [-0.05, 0) is 50.5 Å². The minimum atomic E-state index is -4.74. The SMILES string of the molecule is CC(C)(C)OC(=O)N(CCO)Cc1ccc(Nc2ncc(C(F)(F)F)c(C(CC(N)=O)Cc3ccccc3)n2)cc1. The van der Waals surface area contributed by atoms with Gasteiger partial charge in [0.25, 0.3) is 0 Å². The summed E-state index contributed by atoms with van der Waals surface area (Å²) in [6, 6.07) is 15.6. The molecule has 1 atom stereocenters. The number of primary amides is 1. The zero-order valence-corrected chi connectivity index (χ0v) is 23.1. The fourth-order valence-corrected chi connectivity index (χ4v) is 4.12. The Kier molecular flexibility index (Phi) is 10.3. The van der Waals surface area contributed by atoms with Crippen LogP contribution in [0.2, 0.25) is 0 Å². The van der Waals surface area contributed by atoms with Crippen LogP contribution in [0.5, 0.6) is 0 Å². The van der Waals surface area contributed by atoms with E-state index >= 15 is 0 Å². The van der Waals surface area contributed by atoms with Crippen LogP contribution >= 0.6 is 0 Å². The number of nitrogens with one attached hydrogen (secondary N) is 1. The zero-order chi connectivity index (χ0) is 30.2. The molecule has 12 heteroatoms. The molecule has 4 N–H and O–H groups in total. The summed E-state index contributed by atoms with van der Waals surface area (Å²) in [6.45, 7) is 5.24. The molecule has 0 saturated heterocycles. The molecule has 0 bridgehead atoms. The third-order valence-corrected chi connectivity index (χ3v) is 5.89. The molecule has 0 spiro atoms. The first-order chi connectivity index (χ1) is 19.2. The van der Waals surface area contributed by atoms with E-state index in [9.17, 15) is 27.9 Å². The molecule has 220 valence electrons. The number of nitrogens with two attached hydrogens (primary N) is 1. The maximum atomic E-state index is 13.9. The van der Waals surface area contributed by atoms with Crippen LogP contribution in [0.1, 0.15) is 55.5 Å². The van der Waals surface area contributed by atoms with Crippen LogP contribution in [0.4, 0.5) is 29.6 Å². The van der Waals surface area contributed by atoms with Gasteiger partial charge in [0.1, 0.15) is 5.60 Å². The van der Waals surface area contributed by atoms with Gasteiger partial charge in [0.15, 0.2) is 0 Å². The number of aliphatic hydroxyl groups is 1. The highest BCUT2D eigenvalue weighted by atomic mass is 19.4. The Morgan fingerprint density at radius 1 is 1.05 bits per heavy atom. The molecule has 3 aromatic rings. The van der Waals surface area contributed by atoms with Crippen molar-refractivity contribution in [1.82, 2.24) is 14.9 Å². The third-order valence-electron chi connectivity index (χ3n) is 5.89. The maximum absolute atomic E-state index is 13.9. The molecule has 0 aliphatic carbocycles. The second-order valence-electron chi connectivity index (χ2n) is 10.5. The largest absolute Gasteiger partial charge is 0.444 e. The van der Waals surface area contributed by atoms with E-state index in [1.54, 1.807) is 75.4 Å². The Bertz CT molecular complexity index is 1310. The first-order valence-electron chi connectivity index (χ1n) is 13.0. The van der Waals surface area contributed by atoms with Gasteiger partial charge < -0.3 is 25.8 Å². The van der Waals surface area contributed by atoms with E-state index in [2.05, 4.69) is 15.3 Å². The highest BCUT2D eigenvalue weighted by Gasteiger charge is 2.37. The number of amides is 2. The van der Waals surface area contributed by atoms with Crippen molar-refractivity contribution in [2.75, 3.05) is 18.5 Å². The van der Waals surface area contributed by atoms with Crippen LogP contribution in [-0.2, 0) is 28.7 Å². The number of carbonyl (C=O) groups is 2. The van der Waals surface area contributed by atoms with E-state index in [4.69, 9.17) is 10.5 Å². The number of rotatable bonds is 11. The molecular formula is C29H34F3N5O4. The van der Waals surface area contributed by atoms with Gasteiger partial charge in [-0.1, -0.05) is 42.5 Å². The van der Waals surface area contributed by atoms with Crippen molar-refractivity contribution in [3.63, 3.8) is 0 Å². The number of anilines is 2. The summed E-state index contributed by atoms with van der Waals surface area (Å²) >= 11 is 0. The highest BCUT2D eigenvalue weighted by Crippen LogP contribution is 2.37. The van der Waals surface area contributed by atoms with Crippen molar-refractivity contribution in [2.24, 2.45) is 5.73 Å². The Morgan fingerprint density at radius 2 is 1.71 bits per heavy atom. The van der Waals surface area contributed by atoms with E-state index in [-0.39, 0.29) is 44.2 Å². The molecule has 3 rings (SSSR count). The van der Waals surface area contributed by atoms with Crippen molar-refractivity contribution in [3.05, 3.63) is 83.2 Å². The van der Waals surface area contributed by atoms with Crippen molar-refractivity contribution in [3.8, 4) is 0 Å². The van der Waals surface area contributed by atoms with E-state index in [1.807, 2.05) is 0 Å². The molecule has 0 saturated carbocycles. The van der Waals surface area contributed by atoms with Crippen LogP contribution < -0.4 is 11.1 Å². The Labute approximate surface area is 236 Å². The predicted molar refractivity (Wildman–Crippen MR) is 147 cm³/mol. The molecule has 2 amide bonds. The zero-order valence-electron chi connectivity index (χ0n) is 23.1. The van der Waals surface area contributed by atoms with Crippen LogP contribution in [-0.4, -0.2) is 50.7 Å². The molecule has 1 heterocycles. The number of carbonyl (C=O) groups excluding carboxylic acids is 2. The molecule has 1 unspecified atom stereocenters. The molecule has 0 aliphatic heterocycles. The lowest BCUT2D eigenvalue weighted by Crippen LogP contribution is -2.38. The van der Waals surface area contributed by atoms with Crippen molar-refractivity contribution in [2.45, 2.75) is 57.9 Å². The first kappa shape index (κ1) is 31.3. The average Bonchev–Trinajstić information content (AvgIpc) is 2.88. The highest BCUT2D eigenvalue weighted by molar-refractivity contribution is 5.75. The summed E-state index contributed by atoms with van der Waals surface area (Å²) in [7, 11) is 0. The second kappa shape index (κ2) is 13.4. The lowest BCUT2D eigenvalue weighted by molar-refractivity contribution is -0.139. The number of aromatic nitrogens is 2. The number of aliphatic hydroxyl groups excluding tert-OH is 1. The van der Waals surface area contributed by atoms with Gasteiger partial charge in [0, 0.05) is 37.3 Å². The van der Waals surface area contributed by atoms with Gasteiger partial charge >= 0.3 is 12.3 Å². The maximum Gasteiger partial charge on any atom is 0.419 e. The molecule has 9 nitrogen and oxygen atoms in total. The van der Waals surface area contributed by atoms with Crippen molar-refractivity contribution >= 4 is 23.6 Å². The topological polar surface area (TPSA) is 131 Å². The number of hydrogen-bond acceptors (Lipinski definition) is 7. The van der Waals surface area contributed by atoms with Crippen molar-refractivity contribution < 1.29 is 32.6 Å². The molecular weight excluding hydrogens is 539 g/mol. The number of alkyl halides is 3. The summed E-state index contributed by atoms with van der Waals surface area (Å²) in [6.07, 6.45) is -4.81. The van der Waals surface area contributed by atoms with E-state index in [0.717, 1.165) is 11.1 Å². The van der Waals surface area contributed by atoms with Gasteiger partial charge in [0.2, 0.25) is 11.9 Å². The van der Waals surface area contributed by atoms with Gasteiger partial charge in [-0.3, -0.25) is 4.79 Å². The summed E-state index contributed by atoms with van der Waals surface area (Å²) in [5, 5.41) is 12.3. The Morgan fingerprint density at radius 3 is 2.27 bits per heavy atom. The Hall–Kier alpha value is -4.19. The van der Waals surface area contributed by atoms with Gasteiger partial charge in [-0.25, -0.2) is 14.8 Å². The number of ether oxygens (including phenoxy) is 1. The molecule has 0 aliphatic rings. The van der Waals surface area contributed by atoms with Crippen LogP contribution in [0.3, 0.4) is 0 Å². The smallest absolute Gasteiger partial charge is 0.419 e. The number of halogens is 3. The van der Waals surface area contributed by atoms with Gasteiger partial charge in [-0.15, -0.1) is 0 Å². The van der Waals surface area contributed by atoms with Crippen LogP contribution in [0, 0.1) is 0 Å². The van der Waals surface area contributed by atoms with E-state index in [0.29, 0.717) is 11.9 Å². The first-order valence-corrected chi connectivity index (χ1v) is 13.0.